The Kier molecular flexibility index (Phi) is 7.42. The van der Waals surface area contributed by atoms with Gasteiger partial charge >= 0.3 is 11.7 Å². The minimum absolute atomic E-state index is 0.107. The monoisotopic (exact) mass is 491 g/mol. The van der Waals surface area contributed by atoms with Gasteiger partial charge in [-0.1, -0.05) is 38.1 Å². The van der Waals surface area contributed by atoms with Gasteiger partial charge in [0.15, 0.2) is 0 Å². The lowest BCUT2D eigenvalue weighted by molar-refractivity contribution is -0.483. The number of ether oxygens (including phenoxy) is 1. The van der Waals surface area contributed by atoms with Crippen LogP contribution in [0.15, 0.2) is 53.7 Å². The quantitative estimate of drug-likeness (QED) is 0.207. The summed E-state index contributed by atoms with van der Waals surface area (Å²) in [6.45, 7) is 3.65. The van der Waals surface area contributed by atoms with Gasteiger partial charge in [0.2, 0.25) is 6.54 Å². The van der Waals surface area contributed by atoms with Crippen LogP contribution in [-0.2, 0) is 16.1 Å². The second kappa shape index (κ2) is 10.7. The third kappa shape index (κ3) is 4.84. The topological polar surface area (TPSA) is 122 Å². The number of hydrogen-bond donors (Lipinski definition) is 0. The number of nitrogens with zero attached hydrogens (tertiary/aromatic N) is 5. The number of hydrogen-bond acceptors (Lipinski definition) is 7. The number of fused-ring (bicyclic) bond motifs is 2. The van der Waals surface area contributed by atoms with E-state index < -0.39 is 23.4 Å². The molecule has 1 atom stereocenters. The standard InChI is InChI=1S/C24H23N5O5.C2H6/c1-34-22(30)10-16(13-28(32)33)23-18-5-3-2-4-15(18)11-26-19(23)14-27-21-12-25-9-8-20(21)29(24(27)31)17-6-7-17;1-2/h2-5,8-9,11-12,16-17H,6-7,10,13-14H2,1H3;1-2H3. The van der Waals surface area contributed by atoms with E-state index in [0.29, 0.717) is 16.8 Å². The van der Waals surface area contributed by atoms with Gasteiger partial charge in [-0.05, 0) is 29.9 Å². The number of pyridine rings is 2. The fourth-order valence-electron chi connectivity index (χ4n) is 4.65. The van der Waals surface area contributed by atoms with Crippen molar-refractivity contribution >= 4 is 27.8 Å². The van der Waals surface area contributed by atoms with Crippen LogP contribution in [0.1, 0.15) is 56.3 Å². The molecule has 10 nitrogen and oxygen atoms in total. The molecule has 0 saturated heterocycles. The maximum atomic E-state index is 13.4. The second-order valence-corrected chi connectivity index (χ2v) is 8.53. The zero-order chi connectivity index (χ0) is 25.8. The summed E-state index contributed by atoms with van der Waals surface area (Å²) in [7, 11) is 1.26. The number of nitro groups is 1. The zero-order valence-electron chi connectivity index (χ0n) is 20.6. The molecule has 1 aliphatic carbocycles. The van der Waals surface area contributed by atoms with Crippen molar-refractivity contribution in [3.63, 3.8) is 0 Å². The zero-order valence-corrected chi connectivity index (χ0v) is 20.6. The Morgan fingerprint density at radius 3 is 2.64 bits per heavy atom. The van der Waals surface area contributed by atoms with E-state index >= 15 is 0 Å². The molecule has 1 fully saturated rings. The largest absolute Gasteiger partial charge is 0.469 e. The minimum Gasteiger partial charge on any atom is -0.469 e. The Labute approximate surface area is 207 Å². The summed E-state index contributed by atoms with van der Waals surface area (Å²) in [4.78, 5) is 45.5. The molecule has 0 N–H and O–H groups in total. The Morgan fingerprint density at radius 1 is 1.19 bits per heavy atom. The number of aromatic nitrogens is 4. The normalized spacial score (nSPS) is 13.8. The second-order valence-electron chi connectivity index (χ2n) is 8.53. The molecule has 0 amide bonds. The molecule has 36 heavy (non-hydrogen) atoms. The highest BCUT2D eigenvalue weighted by molar-refractivity contribution is 5.87. The average Bonchev–Trinajstić information content (AvgIpc) is 3.69. The SMILES string of the molecule is CC.COC(=O)CC(C[N+](=O)[O-])c1c(Cn2c(=O)n(C3CC3)c3ccncc32)ncc2ccccc12. The van der Waals surface area contributed by atoms with Crippen LogP contribution in [0.25, 0.3) is 21.8 Å². The van der Waals surface area contributed by atoms with Crippen molar-refractivity contribution < 1.29 is 14.5 Å². The van der Waals surface area contributed by atoms with E-state index in [9.17, 15) is 19.7 Å². The van der Waals surface area contributed by atoms with Crippen LogP contribution in [0.3, 0.4) is 0 Å². The van der Waals surface area contributed by atoms with E-state index in [1.54, 1.807) is 27.7 Å². The summed E-state index contributed by atoms with van der Waals surface area (Å²) < 4.78 is 8.22. The third-order valence-corrected chi connectivity index (χ3v) is 6.32. The van der Waals surface area contributed by atoms with Crippen molar-refractivity contribution in [1.82, 2.24) is 19.1 Å². The van der Waals surface area contributed by atoms with Crippen LogP contribution < -0.4 is 5.69 Å². The molecule has 10 heteroatoms. The van der Waals surface area contributed by atoms with E-state index in [1.807, 2.05) is 44.2 Å². The molecule has 0 aliphatic heterocycles. The summed E-state index contributed by atoms with van der Waals surface area (Å²) in [6, 6.07) is 9.42. The number of rotatable bonds is 8. The van der Waals surface area contributed by atoms with Crippen molar-refractivity contribution in [3.8, 4) is 0 Å². The fraction of sp³-hybridized carbons (Fsp3) is 0.385. The van der Waals surface area contributed by atoms with Gasteiger partial charge in [-0.25, -0.2) is 4.79 Å². The first kappa shape index (κ1) is 25.0. The van der Waals surface area contributed by atoms with E-state index in [4.69, 9.17) is 4.74 Å². The lowest BCUT2D eigenvalue weighted by Crippen LogP contribution is -2.26. The lowest BCUT2D eigenvalue weighted by atomic mass is 9.89. The van der Waals surface area contributed by atoms with Crippen molar-refractivity contribution in [3.05, 3.63) is 80.8 Å². The van der Waals surface area contributed by atoms with Gasteiger partial charge in [0.1, 0.15) is 0 Å². The predicted octanol–water partition coefficient (Wildman–Crippen LogP) is 4.08. The third-order valence-electron chi connectivity index (χ3n) is 6.32. The van der Waals surface area contributed by atoms with Gasteiger partial charge in [0.25, 0.3) is 0 Å². The van der Waals surface area contributed by atoms with Gasteiger partial charge in [0.05, 0.1) is 48.9 Å². The first-order valence-corrected chi connectivity index (χ1v) is 12.1. The van der Waals surface area contributed by atoms with Gasteiger partial charge in [-0.3, -0.25) is 34.0 Å². The highest BCUT2D eigenvalue weighted by Crippen LogP contribution is 2.36. The van der Waals surface area contributed by atoms with E-state index in [1.165, 1.54) is 7.11 Å². The number of carbonyl (C=O) groups is 1. The molecular weight excluding hydrogens is 462 g/mol. The summed E-state index contributed by atoms with van der Waals surface area (Å²) in [5.74, 6) is -1.31. The van der Waals surface area contributed by atoms with E-state index in [2.05, 4.69) is 9.97 Å². The van der Waals surface area contributed by atoms with Crippen molar-refractivity contribution in [2.24, 2.45) is 0 Å². The van der Waals surface area contributed by atoms with Crippen LogP contribution in [0.4, 0.5) is 0 Å². The number of esters is 1. The van der Waals surface area contributed by atoms with E-state index in [0.717, 1.165) is 29.1 Å². The highest BCUT2D eigenvalue weighted by Gasteiger charge is 2.31. The molecule has 0 spiro atoms. The van der Waals surface area contributed by atoms with E-state index in [-0.39, 0.29) is 24.7 Å². The molecule has 0 bridgehead atoms. The van der Waals surface area contributed by atoms with Gasteiger partial charge in [-0.15, -0.1) is 0 Å². The van der Waals surface area contributed by atoms with Crippen LogP contribution in [0, 0.1) is 10.1 Å². The van der Waals surface area contributed by atoms with Gasteiger partial charge in [0, 0.05) is 28.7 Å². The van der Waals surface area contributed by atoms with Gasteiger partial charge < -0.3 is 4.74 Å². The lowest BCUT2D eigenvalue weighted by Gasteiger charge is -2.19. The molecular formula is C26H29N5O5. The Hall–Kier alpha value is -4.08. The molecule has 1 aliphatic rings. The van der Waals surface area contributed by atoms with Crippen molar-refractivity contribution in [1.29, 1.82) is 0 Å². The molecule has 3 heterocycles. The summed E-state index contributed by atoms with van der Waals surface area (Å²) in [5.41, 5.74) is 2.42. The Morgan fingerprint density at radius 2 is 1.94 bits per heavy atom. The summed E-state index contributed by atoms with van der Waals surface area (Å²) >= 11 is 0. The highest BCUT2D eigenvalue weighted by atomic mass is 16.6. The number of carbonyl (C=O) groups excluding carboxylic acids is 1. The molecule has 1 saturated carbocycles. The maximum Gasteiger partial charge on any atom is 0.329 e. The van der Waals surface area contributed by atoms with Crippen LogP contribution >= 0.6 is 0 Å². The number of methoxy groups -OCH3 is 1. The minimum atomic E-state index is -0.762. The first-order valence-electron chi connectivity index (χ1n) is 12.1. The first-order chi connectivity index (χ1) is 17.5. The molecule has 3 aromatic heterocycles. The smallest absolute Gasteiger partial charge is 0.329 e. The molecule has 1 unspecified atom stereocenters. The Bertz CT molecular complexity index is 1470. The summed E-state index contributed by atoms with van der Waals surface area (Å²) in [6.07, 6.45) is 6.74. The van der Waals surface area contributed by atoms with Gasteiger partial charge in [-0.2, -0.15) is 0 Å². The van der Waals surface area contributed by atoms with Crippen LogP contribution in [0.5, 0.6) is 0 Å². The number of benzene rings is 1. The van der Waals surface area contributed by atoms with Crippen LogP contribution in [0.2, 0.25) is 0 Å². The molecule has 5 rings (SSSR count). The number of imidazole rings is 1. The molecule has 188 valence electrons. The summed E-state index contributed by atoms with van der Waals surface area (Å²) in [5, 5.41) is 13.1. The van der Waals surface area contributed by atoms with Crippen LogP contribution in [-0.4, -0.2) is 43.6 Å². The Balaban J connectivity index is 0.00000148. The molecule has 4 aromatic rings. The predicted molar refractivity (Wildman–Crippen MR) is 136 cm³/mol. The maximum absolute atomic E-state index is 13.4. The average molecular weight is 492 g/mol. The molecule has 1 aromatic carbocycles. The van der Waals surface area contributed by atoms with Crippen molar-refractivity contribution in [2.45, 2.75) is 51.6 Å². The van der Waals surface area contributed by atoms with Crippen molar-refractivity contribution in [2.75, 3.05) is 13.7 Å². The fourth-order valence-corrected chi connectivity index (χ4v) is 4.65. The molecule has 0 radical (unpaired) electrons.